The fraction of sp³-hybridized carbons (Fsp3) is 0.238. The number of benzene rings is 1. The highest BCUT2D eigenvalue weighted by molar-refractivity contribution is 6.07. The van der Waals surface area contributed by atoms with Crippen LogP contribution in [-0.4, -0.2) is 32.8 Å². The fourth-order valence-electron chi connectivity index (χ4n) is 3.64. The Morgan fingerprint density at radius 1 is 1.00 bits per heavy atom. The highest BCUT2D eigenvalue weighted by atomic mass is 16.5. The number of aromatic amines is 1. The van der Waals surface area contributed by atoms with Gasteiger partial charge in [-0.15, -0.1) is 0 Å². The Morgan fingerprint density at radius 3 is 2.69 bits per heavy atom. The van der Waals surface area contributed by atoms with Crippen molar-refractivity contribution < 1.29 is 9.84 Å². The summed E-state index contributed by atoms with van der Waals surface area (Å²) in [7, 11) is 0. The third-order valence-corrected chi connectivity index (χ3v) is 5.21. The minimum atomic E-state index is 0.182. The highest BCUT2D eigenvalue weighted by Crippen LogP contribution is 2.32. The standard InChI is InChI=1S/C21H19N3O2/c25-12-13-7-16(8-13)26-21-4-2-15(10-23-21)14-1-3-17-18-11-22-6-5-19(18)24-20(17)9-14/h1-6,9-11,13,16,24-25H,7-8,12H2. The lowest BCUT2D eigenvalue weighted by Gasteiger charge is -2.33. The van der Waals surface area contributed by atoms with Crippen molar-refractivity contribution in [1.82, 2.24) is 15.0 Å². The zero-order valence-electron chi connectivity index (χ0n) is 14.2. The van der Waals surface area contributed by atoms with E-state index in [1.54, 1.807) is 6.20 Å². The van der Waals surface area contributed by atoms with E-state index >= 15 is 0 Å². The smallest absolute Gasteiger partial charge is 0.213 e. The lowest BCUT2D eigenvalue weighted by atomic mass is 9.83. The van der Waals surface area contributed by atoms with Crippen LogP contribution < -0.4 is 4.74 Å². The summed E-state index contributed by atoms with van der Waals surface area (Å²) in [6.45, 7) is 0.249. The number of aromatic nitrogens is 3. The number of aliphatic hydroxyl groups excluding tert-OH is 1. The van der Waals surface area contributed by atoms with Gasteiger partial charge < -0.3 is 14.8 Å². The van der Waals surface area contributed by atoms with E-state index in [9.17, 15) is 0 Å². The summed E-state index contributed by atoms with van der Waals surface area (Å²) in [6, 6.07) is 12.3. The van der Waals surface area contributed by atoms with Crippen LogP contribution in [0.3, 0.4) is 0 Å². The quantitative estimate of drug-likeness (QED) is 0.588. The Bertz CT molecular complexity index is 1070. The van der Waals surface area contributed by atoms with Gasteiger partial charge in [0, 0.05) is 58.6 Å². The SMILES string of the molecule is OCC1CC(Oc2ccc(-c3ccc4c(c3)[nH]c3ccncc34)cn2)C1. The van der Waals surface area contributed by atoms with Crippen molar-refractivity contribution in [3.8, 4) is 17.0 Å². The molecule has 0 bridgehead atoms. The normalized spacial score (nSPS) is 19.6. The molecule has 0 saturated heterocycles. The second-order valence-corrected chi connectivity index (χ2v) is 6.95. The predicted octanol–water partition coefficient (Wildman–Crippen LogP) is 3.93. The summed E-state index contributed by atoms with van der Waals surface area (Å²) in [6.07, 6.45) is 7.54. The van der Waals surface area contributed by atoms with Crippen molar-refractivity contribution in [2.24, 2.45) is 5.92 Å². The second kappa shape index (κ2) is 6.11. The average molecular weight is 345 g/mol. The van der Waals surface area contributed by atoms with E-state index in [4.69, 9.17) is 9.84 Å². The van der Waals surface area contributed by atoms with Crippen molar-refractivity contribution in [1.29, 1.82) is 0 Å². The van der Waals surface area contributed by atoms with Gasteiger partial charge in [-0.2, -0.15) is 0 Å². The number of pyridine rings is 2. The molecule has 3 heterocycles. The van der Waals surface area contributed by atoms with E-state index in [2.05, 4.69) is 33.2 Å². The Morgan fingerprint density at radius 2 is 1.88 bits per heavy atom. The molecule has 1 aliphatic rings. The van der Waals surface area contributed by atoms with Gasteiger partial charge >= 0.3 is 0 Å². The maximum atomic E-state index is 9.08. The predicted molar refractivity (Wildman–Crippen MR) is 101 cm³/mol. The topological polar surface area (TPSA) is 71.0 Å². The van der Waals surface area contributed by atoms with E-state index in [1.165, 1.54) is 5.39 Å². The summed E-state index contributed by atoms with van der Waals surface area (Å²) in [5.41, 5.74) is 4.35. The number of H-pyrrole nitrogens is 1. The zero-order chi connectivity index (χ0) is 17.5. The molecule has 130 valence electrons. The molecule has 5 nitrogen and oxygen atoms in total. The van der Waals surface area contributed by atoms with Crippen molar-refractivity contribution in [2.45, 2.75) is 18.9 Å². The zero-order valence-corrected chi connectivity index (χ0v) is 14.2. The molecule has 0 aliphatic heterocycles. The molecule has 0 radical (unpaired) electrons. The van der Waals surface area contributed by atoms with Crippen LogP contribution in [0.1, 0.15) is 12.8 Å². The minimum absolute atomic E-state index is 0.182. The average Bonchev–Trinajstić information content (AvgIpc) is 3.02. The summed E-state index contributed by atoms with van der Waals surface area (Å²) in [5, 5.41) is 11.4. The molecule has 1 saturated carbocycles. The highest BCUT2D eigenvalue weighted by Gasteiger charge is 2.30. The van der Waals surface area contributed by atoms with Gasteiger partial charge in [0.15, 0.2) is 0 Å². The first-order valence-electron chi connectivity index (χ1n) is 8.89. The van der Waals surface area contributed by atoms with E-state index in [-0.39, 0.29) is 12.7 Å². The van der Waals surface area contributed by atoms with Gasteiger partial charge in [0.2, 0.25) is 5.88 Å². The first kappa shape index (κ1) is 15.3. The maximum Gasteiger partial charge on any atom is 0.213 e. The van der Waals surface area contributed by atoms with Gasteiger partial charge in [-0.05, 0) is 42.5 Å². The Labute approximate surface area is 150 Å². The number of ether oxygens (including phenoxy) is 1. The van der Waals surface area contributed by atoms with Crippen molar-refractivity contribution in [3.63, 3.8) is 0 Å². The van der Waals surface area contributed by atoms with E-state index in [1.807, 2.05) is 30.6 Å². The lowest BCUT2D eigenvalue weighted by molar-refractivity contribution is 0.0296. The van der Waals surface area contributed by atoms with Crippen LogP contribution in [-0.2, 0) is 0 Å². The molecular weight excluding hydrogens is 326 g/mol. The van der Waals surface area contributed by atoms with Gasteiger partial charge in [0.05, 0.1) is 0 Å². The number of hydrogen-bond donors (Lipinski definition) is 2. The number of hydrogen-bond acceptors (Lipinski definition) is 4. The fourth-order valence-corrected chi connectivity index (χ4v) is 3.64. The van der Waals surface area contributed by atoms with Crippen LogP contribution in [0.5, 0.6) is 5.88 Å². The molecule has 1 aliphatic carbocycles. The molecule has 26 heavy (non-hydrogen) atoms. The lowest BCUT2D eigenvalue weighted by Crippen LogP contribution is -2.35. The largest absolute Gasteiger partial charge is 0.474 e. The molecule has 0 amide bonds. The molecule has 4 aromatic rings. The number of fused-ring (bicyclic) bond motifs is 3. The van der Waals surface area contributed by atoms with Gasteiger partial charge in [-0.1, -0.05) is 12.1 Å². The van der Waals surface area contributed by atoms with Crippen LogP contribution >= 0.6 is 0 Å². The summed E-state index contributed by atoms with van der Waals surface area (Å²) in [5.74, 6) is 1.03. The molecule has 0 unspecified atom stereocenters. The molecule has 2 N–H and O–H groups in total. The van der Waals surface area contributed by atoms with Crippen LogP contribution in [0, 0.1) is 5.92 Å². The number of rotatable bonds is 4. The van der Waals surface area contributed by atoms with Gasteiger partial charge in [-0.25, -0.2) is 4.98 Å². The molecule has 5 rings (SSSR count). The molecular formula is C21H19N3O2. The van der Waals surface area contributed by atoms with Crippen molar-refractivity contribution in [2.75, 3.05) is 6.61 Å². The van der Waals surface area contributed by atoms with Crippen molar-refractivity contribution >= 4 is 21.8 Å². The molecule has 1 aromatic carbocycles. The first-order valence-corrected chi connectivity index (χ1v) is 8.89. The third kappa shape index (κ3) is 2.61. The number of nitrogens with zero attached hydrogens (tertiary/aromatic N) is 2. The van der Waals surface area contributed by atoms with Gasteiger partial charge in [0.1, 0.15) is 6.10 Å². The number of nitrogens with one attached hydrogen (secondary N) is 1. The molecule has 5 heteroatoms. The summed E-state index contributed by atoms with van der Waals surface area (Å²) in [4.78, 5) is 12.1. The molecule has 1 fully saturated rings. The molecule has 0 atom stereocenters. The Kier molecular flexibility index (Phi) is 3.60. The van der Waals surface area contributed by atoms with Gasteiger partial charge in [-0.3, -0.25) is 4.98 Å². The van der Waals surface area contributed by atoms with Crippen LogP contribution in [0.4, 0.5) is 0 Å². The monoisotopic (exact) mass is 345 g/mol. The minimum Gasteiger partial charge on any atom is -0.474 e. The maximum absolute atomic E-state index is 9.08. The Balaban J connectivity index is 1.39. The summed E-state index contributed by atoms with van der Waals surface area (Å²) >= 11 is 0. The van der Waals surface area contributed by atoms with E-state index in [0.717, 1.165) is 40.4 Å². The van der Waals surface area contributed by atoms with E-state index < -0.39 is 0 Å². The second-order valence-electron chi connectivity index (χ2n) is 6.95. The number of aliphatic hydroxyl groups is 1. The first-order chi connectivity index (χ1) is 12.8. The Hall–Kier alpha value is -2.92. The van der Waals surface area contributed by atoms with Crippen LogP contribution in [0.25, 0.3) is 32.9 Å². The molecule has 3 aromatic heterocycles. The van der Waals surface area contributed by atoms with Crippen LogP contribution in [0.15, 0.2) is 55.0 Å². The van der Waals surface area contributed by atoms with Crippen molar-refractivity contribution in [3.05, 3.63) is 55.0 Å². The third-order valence-electron chi connectivity index (χ3n) is 5.21. The van der Waals surface area contributed by atoms with Gasteiger partial charge in [0.25, 0.3) is 0 Å². The summed E-state index contributed by atoms with van der Waals surface area (Å²) < 4.78 is 5.85. The van der Waals surface area contributed by atoms with E-state index in [0.29, 0.717) is 11.8 Å². The molecule has 0 spiro atoms. The van der Waals surface area contributed by atoms with Crippen LogP contribution in [0.2, 0.25) is 0 Å².